The first-order valence-corrected chi connectivity index (χ1v) is 7.40. The molecule has 0 amide bonds. The number of halogens is 3. The Kier molecular flexibility index (Phi) is 6.71. The number of pyridine rings is 1. The largest absolute Gasteiger partial charge is 0.468 e. The third-order valence-electron chi connectivity index (χ3n) is 2.81. The van der Waals surface area contributed by atoms with Crippen LogP contribution >= 0.6 is 0 Å². The quantitative estimate of drug-likeness (QED) is 0.313. The van der Waals surface area contributed by atoms with Crippen molar-refractivity contribution in [3.05, 3.63) is 27.9 Å². The van der Waals surface area contributed by atoms with Gasteiger partial charge in [-0.25, -0.2) is 4.98 Å². The van der Waals surface area contributed by atoms with Gasteiger partial charge in [-0.15, -0.1) is 0 Å². The molecule has 0 aromatic carbocycles. The summed E-state index contributed by atoms with van der Waals surface area (Å²) in [6.07, 6.45) is -4.78. The van der Waals surface area contributed by atoms with Crippen molar-refractivity contribution in [3.8, 4) is 5.88 Å². The SMILES string of the molecule is COC(=O)C(C(=O)OC(C)(C)C)c1ccc([N+](=O)[O-])c(OCC(F)(F)F)n1. The highest BCUT2D eigenvalue weighted by molar-refractivity contribution is 6.00. The second-order valence-corrected chi connectivity index (χ2v) is 6.21. The van der Waals surface area contributed by atoms with E-state index < -0.39 is 58.4 Å². The van der Waals surface area contributed by atoms with Crippen LogP contribution in [0.4, 0.5) is 18.9 Å². The van der Waals surface area contributed by atoms with E-state index in [1.807, 2.05) is 0 Å². The van der Waals surface area contributed by atoms with Gasteiger partial charge in [0, 0.05) is 6.07 Å². The number of hydrogen-bond acceptors (Lipinski definition) is 8. The average Bonchev–Trinajstić information content (AvgIpc) is 2.50. The molecule has 1 rings (SSSR count). The van der Waals surface area contributed by atoms with Gasteiger partial charge in [0.25, 0.3) is 5.88 Å². The molecule has 150 valence electrons. The van der Waals surface area contributed by atoms with Gasteiger partial charge in [0.1, 0.15) is 5.60 Å². The van der Waals surface area contributed by atoms with Crippen LogP contribution in [-0.2, 0) is 19.1 Å². The molecule has 0 aliphatic heterocycles. The summed E-state index contributed by atoms with van der Waals surface area (Å²) >= 11 is 0. The number of carbonyl (C=O) groups excluding carboxylic acids is 2. The number of hydrogen-bond donors (Lipinski definition) is 0. The highest BCUT2D eigenvalue weighted by Gasteiger charge is 2.37. The molecule has 0 spiro atoms. The van der Waals surface area contributed by atoms with E-state index in [0.717, 1.165) is 19.2 Å². The van der Waals surface area contributed by atoms with Gasteiger partial charge in [-0.05, 0) is 26.8 Å². The number of methoxy groups -OCH3 is 1. The molecule has 1 heterocycles. The third kappa shape index (κ3) is 6.72. The van der Waals surface area contributed by atoms with Crippen molar-refractivity contribution in [1.82, 2.24) is 4.98 Å². The summed E-state index contributed by atoms with van der Waals surface area (Å²) < 4.78 is 51.0. The molecule has 1 aromatic rings. The maximum absolute atomic E-state index is 12.4. The predicted molar refractivity (Wildman–Crippen MR) is 83.0 cm³/mol. The van der Waals surface area contributed by atoms with E-state index in [2.05, 4.69) is 14.5 Å². The van der Waals surface area contributed by atoms with Crippen LogP contribution in [0.5, 0.6) is 5.88 Å². The Bertz CT molecular complexity index is 729. The Morgan fingerprint density at radius 3 is 2.26 bits per heavy atom. The molecule has 9 nitrogen and oxygen atoms in total. The zero-order valence-corrected chi connectivity index (χ0v) is 14.8. The van der Waals surface area contributed by atoms with Crippen LogP contribution in [0.3, 0.4) is 0 Å². The van der Waals surface area contributed by atoms with Gasteiger partial charge in [0.05, 0.1) is 17.7 Å². The number of nitro groups is 1. The van der Waals surface area contributed by atoms with E-state index in [0.29, 0.717) is 0 Å². The Morgan fingerprint density at radius 2 is 1.81 bits per heavy atom. The van der Waals surface area contributed by atoms with Crippen LogP contribution in [0.1, 0.15) is 32.4 Å². The lowest BCUT2D eigenvalue weighted by Gasteiger charge is -2.22. The van der Waals surface area contributed by atoms with Crippen molar-refractivity contribution in [2.45, 2.75) is 38.5 Å². The lowest BCUT2D eigenvalue weighted by molar-refractivity contribution is -0.386. The predicted octanol–water partition coefficient (Wildman–Crippen LogP) is 2.53. The number of rotatable bonds is 6. The van der Waals surface area contributed by atoms with Crippen LogP contribution in [0.25, 0.3) is 0 Å². The number of esters is 2. The van der Waals surface area contributed by atoms with Gasteiger partial charge in [-0.2, -0.15) is 13.2 Å². The van der Waals surface area contributed by atoms with Crippen LogP contribution in [0, 0.1) is 10.1 Å². The molecule has 0 N–H and O–H groups in total. The van der Waals surface area contributed by atoms with Crippen molar-refractivity contribution >= 4 is 17.6 Å². The van der Waals surface area contributed by atoms with Crippen molar-refractivity contribution in [2.75, 3.05) is 13.7 Å². The van der Waals surface area contributed by atoms with Crippen molar-refractivity contribution in [2.24, 2.45) is 0 Å². The van der Waals surface area contributed by atoms with E-state index in [1.165, 1.54) is 20.8 Å². The minimum absolute atomic E-state index is 0.418. The number of carbonyl (C=O) groups is 2. The fourth-order valence-corrected chi connectivity index (χ4v) is 1.82. The molecule has 0 bridgehead atoms. The maximum atomic E-state index is 12.4. The van der Waals surface area contributed by atoms with Crippen LogP contribution < -0.4 is 4.74 Å². The first kappa shape index (κ1) is 22.1. The van der Waals surface area contributed by atoms with Crippen LogP contribution in [0.2, 0.25) is 0 Å². The molecule has 0 aliphatic carbocycles. The van der Waals surface area contributed by atoms with Gasteiger partial charge in [0.15, 0.2) is 12.5 Å². The zero-order valence-electron chi connectivity index (χ0n) is 14.8. The lowest BCUT2D eigenvalue weighted by Crippen LogP contribution is -2.32. The Balaban J connectivity index is 3.35. The van der Waals surface area contributed by atoms with Gasteiger partial charge < -0.3 is 14.2 Å². The summed E-state index contributed by atoms with van der Waals surface area (Å²) in [7, 11) is 0.978. The first-order chi connectivity index (χ1) is 12.2. The number of ether oxygens (including phenoxy) is 3. The number of alkyl halides is 3. The van der Waals surface area contributed by atoms with Crippen LogP contribution in [0.15, 0.2) is 12.1 Å². The summed E-state index contributed by atoms with van der Waals surface area (Å²) in [6.45, 7) is 2.74. The lowest BCUT2D eigenvalue weighted by atomic mass is 10.0. The molecule has 0 aliphatic rings. The fraction of sp³-hybridized carbons (Fsp3) is 0.533. The summed E-state index contributed by atoms with van der Waals surface area (Å²) in [6, 6.07) is 1.71. The van der Waals surface area contributed by atoms with E-state index in [1.54, 1.807) is 0 Å². The highest BCUT2D eigenvalue weighted by Crippen LogP contribution is 2.30. The number of aromatic nitrogens is 1. The maximum Gasteiger partial charge on any atom is 0.422 e. The number of nitrogens with zero attached hydrogens (tertiary/aromatic N) is 2. The van der Waals surface area contributed by atoms with Gasteiger partial charge >= 0.3 is 23.8 Å². The molecule has 1 unspecified atom stereocenters. The topological polar surface area (TPSA) is 118 Å². The van der Waals surface area contributed by atoms with Gasteiger partial charge in [-0.1, -0.05) is 0 Å². The monoisotopic (exact) mass is 394 g/mol. The zero-order chi connectivity index (χ0) is 21.0. The minimum atomic E-state index is -4.78. The summed E-state index contributed by atoms with van der Waals surface area (Å²) in [5, 5.41) is 11.0. The molecular formula is C15H17F3N2O7. The van der Waals surface area contributed by atoms with Crippen LogP contribution in [-0.4, -0.2) is 47.3 Å². The summed E-state index contributed by atoms with van der Waals surface area (Å²) in [4.78, 5) is 37.8. The van der Waals surface area contributed by atoms with Crippen molar-refractivity contribution in [1.29, 1.82) is 0 Å². The third-order valence-corrected chi connectivity index (χ3v) is 2.81. The summed E-state index contributed by atoms with van der Waals surface area (Å²) in [5.74, 6) is -4.94. The molecular weight excluding hydrogens is 377 g/mol. The van der Waals surface area contributed by atoms with E-state index >= 15 is 0 Å². The second-order valence-electron chi connectivity index (χ2n) is 6.21. The Hall–Kier alpha value is -2.92. The van der Waals surface area contributed by atoms with Crippen molar-refractivity contribution in [3.63, 3.8) is 0 Å². The fourth-order valence-electron chi connectivity index (χ4n) is 1.82. The highest BCUT2D eigenvalue weighted by atomic mass is 19.4. The molecule has 1 aromatic heterocycles. The first-order valence-electron chi connectivity index (χ1n) is 7.40. The summed E-state index contributed by atoms with van der Waals surface area (Å²) in [5.41, 5.74) is -2.27. The van der Waals surface area contributed by atoms with Gasteiger partial charge in [0.2, 0.25) is 0 Å². The second kappa shape index (κ2) is 8.18. The molecule has 0 fully saturated rings. The minimum Gasteiger partial charge on any atom is -0.468 e. The van der Waals surface area contributed by atoms with Gasteiger partial charge in [-0.3, -0.25) is 19.7 Å². The Labute approximate surface area is 151 Å². The van der Waals surface area contributed by atoms with E-state index in [-0.39, 0.29) is 0 Å². The smallest absolute Gasteiger partial charge is 0.422 e. The van der Waals surface area contributed by atoms with E-state index in [4.69, 9.17) is 4.74 Å². The Morgan fingerprint density at radius 1 is 1.22 bits per heavy atom. The molecule has 0 radical (unpaired) electrons. The molecule has 0 saturated carbocycles. The van der Waals surface area contributed by atoms with Crippen molar-refractivity contribution < 1.29 is 41.9 Å². The molecule has 27 heavy (non-hydrogen) atoms. The molecule has 1 atom stereocenters. The normalized spacial score (nSPS) is 12.9. The molecule has 12 heteroatoms. The standard InChI is InChI=1S/C15H17F3N2O7/c1-14(2,3)27-13(22)10(12(21)25-4)8-5-6-9(20(23)24)11(19-8)26-7-15(16,17)18/h5-6,10H,7H2,1-4H3. The molecule has 0 saturated heterocycles. The average molecular weight is 394 g/mol. The van der Waals surface area contributed by atoms with E-state index in [9.17, 15) is 32.9 Å².